The summed E-state index contributed by atoms with van der Waals surface area (Å²) in [6.45, 7) is 5.95. The molecule has 0 saturated carbocycles. The fourth-order valence-electron chi connectivity index (χ4n) is 2.64. The fraction of sp³-hybridized carbons (Fsp3) is 0.688. The zero-order chi connectivity index (χ0) is 16.8. The molecule has 1 aromatic heterocycles. The van der Waals surface area contributed by atoms with Gasteiger partial charge in [0.25, 0.3) is 5.56 Å². The highest BCUT2D eigenvalue weighted by atomic mass is 16.5. The number of anilines is 1. The van der Waals surface area contributed by atoms with E-state index in [1.54, 1.807) is 7.11 Å². The summed E-state index contributed by atoms with van der Waals surface area (Å²) < 4.78 is 6.54. The molecule has 23 heavy (non-hydrogen) atoms. The zero-order valence-electron chi connectivity index (χ0n) is 14.2. The van der Waals surface area contributed by atoms with Gasteiger partial charge in [0.05, 0.1) is 12.3 Å². The van der Waals surface area contributed by atoms with Gasteiger partial charge in [0.15, 0.2) is 0 Å². The number of aromatic nitrogens is 2. The topological polar surface area (TPSA) is 76.5 Å². The van der Waals surface area contributed by atoms with Gasteiger partial charge in [-0.25, -0.2) is 4.98 Å². The van der Waals surface area contributed by atoms with Crippen molar-refractivity contribution in [3.63, 3.8) is 0 Å². The monoisotopic (exact) mass is 322 g/mol. The van der Waals surface area contributed by atoms with Crippen LogP contribution < -0.4 is 15.8 Å². The number of nitrogens with one attached hydrogen (secondary N) is 1. The fourth-order valence-corrected chi connectivity index (χ4v) is 2.64. The number of rotatable bonds is 7. The molecule has 1 N–H and O–H groups in total. The van der Waals surface area contributed by atoms with E-state index in [-0.39, 0.29) is 30.7 Å². The Morgan fingerprint density at radius 1 is 1.43 bits per heavy atom. The first-order valence-electron chi connectivity index (χ1n) is 8.19. The molecule has 1 aromatic rings. The van der Waals surface area contributed by atoms with Crippen LogP contribution in [0.25, 0.3) is 0 Å². The lowest BCUT2D eigenvalue weighted by Crippen LogP contribution is -2.39. The van der Waals surface area contributed by atoms with Crippen LogP contribution in [0.1, 0.15) is 38.8 Å². The van der Waals surface area contributed by atoms with Gasteiger partial charge >= 0.3 is 0 Å². The summed E-state index contributed by atoms with van der Waals surface area (Å²) in [6, 6.07) is 1.54. The molecule has 0 spiro atoms. The lowest BCUT2D eigenvalue weighted by molar-refractivity contribution is -0.122. The van der Waals surface area contributed by atoms with E-state index in [1.165, 1.54) is 10.6 Å². The van der Waals surface area contributed by atoms with Crippen molar-refractivity contribution < 1.29 is 9.53 Å². The van der Waals surface area contributed by atoms with Crippen LogP contribution in [0.2, 0.25) is 0 Å². The van der Waals surface area contributed by atoms with E-state index < -0.39 is 0 Å². The van der Waals surface area contributed by atoms with Gasteiger partial charge in [0.1, 0.15) is 6.54 Å². The Bertz CT molecular complexity index is 593. The maximum absolute atomic E-state index is 12.4. The molecule has 1 fully saturated rings. The molecule has 0 radical (unpaired) electrons. The highest BCUT2D eigenvalue weighted by molar-refractivity contribution is 5.76. The molecule has 1 aliphatic heterocycles. The smallest absolute Gasteiger partial charge is 0.255 e. The number of hydrogen-bond donors (Lipinski definition) is 1. The molecule has 0 unspecified atom stereocenters. The van der Waals surface area contributed by atoms with Crippen molar-refractivity contribution in [1.82, 2.24) is 14.9 Å². The van der Waals surface area contributed by atoms with Gasteiger partial charge in [-0.05, 0) is 26.2 Å². The molecule has 1 atom stereocenters. The van der Waals surface area contributed by atoms with Crippen LogP contribution in [0.5, 0.6) is 0 Å². The molecular weight excluding hydrogens is 296 g/mol. The number of carbonyl (C=O) groups excluding carboxylic acids is 1. The van der Waals surface area contributed by atoms with Crippen molar-refractivity contribution in [3.05, 3.63) is 22.1 Å². The predicted molar refractivity (Wildman–Crippen MR) is 88.6 cm³/mol. The minimum atomic E-state index is -0.215. The first kappa shape index (κ1) is 17.5. The normalized spacial score (nSPS) is 15.7. The Labute approximate surface area is 136 Å². The number of ether oxygens (including phenoxy) is 1. The number of amides is 1. The van der Waals surface area contributed by atoms with Gasteiger partial charge in [-0.2, -0.15) is 0 Å². The maximum atomic E-state index is 12.4. The summed E-state index contributed by atoms with van der Waals surface area (Å²) in [6.07, 6.45) is 3.00. The van der Waals surface area contributed by atoms with Crippen LogP contribution in [-0.4, -0.2) is 41.7 Å². The Kier molecular flexibility index (Phi) is 6.15. The summed E-state index contributed by atoms with van der Waals surface area (Å²) in [5, 5.41) is 2.89. The molecule has 0 aromatic carbocycles. The van der Waals surface area contributed by atoms with Crippen molar-refractivity contribution in [2.75, 3.05) is 25.1 Å². The van der Waals surface area contributed by atoms with E-state index >= 15 is 0 Å². The lowest BCUT2D eigenvalue weighted by Gasteiger charge is -2.22. The van der Waals surface area contributed by atoms with Crippen LogP contribution in [0.15, 0.2) is 10.9 Å². The minimum Gasteiger partial charge on any atom is -0.378 e. The number of carbonyl (C=O) groups is 1. The van der Waals surface area contributed by atoms with E-state index in [2.05, 4.69) is 15.2 Å². The summed E-state index contributed by atoms with van der Waals surface area (Å²) in [4.78, 5) is 31.2. The van der Waals surface area contributed by atoms with Crippen molar-refractivity contribution in [2.24, 2.45) is 0 Å². The highest BCUT2D eigenvalue weighted by Gasteiger charge is 2.21. The van der Waals surface area contributed by atoms with E-state index in [1.807, 2.05) is 13.8 Å². The summed E-state index contributed by atoms with van der Waals surface area (Å²) in [5.41, 5.74) is 0.381. The molecule has 0 aliphatic carbocycles. The predicted octanol–water partition coefficient (Wildman–Crippen LogP) is 0.905. The number of hydrogen-bond acceptors (Lipinski definition) is 5. The molecule has 2 rings (SSSR count). The molecule has 0 bridgehead atoms. The van der Waals surface area contributed by atoms with Gasteiger partial charge in [-0.3, -0.25) is 14.2 Å². The summed E-state index contributed by atoms with van der Waals surface area (Å²) >= 11 is 0. The largest absolute Gasteiger partial charge is 0.378 e. The second-order valence-corrected chi connectivity index (χ2v) is 5.98. The van der Waals surface area contributed by atoms with Gasteiger partial charge < -0.3 is 15.0 Å². The first-order valence-corrected chi connectivity index (χ1v) is 8.19. The van der Waals surface area contributed by atoms with Crippen LogP contribution in [-0.2, 0) is 22.7 Å². The van der Waals surface area contributed by atoms with Crippen LogP contribution in [0.3, 0.4) is 0 Å². The Morgan fingerprint density at radius 3 is 2.74 bits per heavy atom. The Hall–Kier alpha value is -1.89. The van der Waals surface area contributed by atoms with Crippen molar-refractivity contribution >= 4 is 11.9 Å². The first-order chi connectivity index (χ1) is 11.0. The SMILES string of the molecule is CC[C@H](C)NC(=O)Cn1c(N2CCCC2)nc(COC)cc1=O. The zero-order valence-corrected chi connectivity index (χ0v) is 14.2. The molecule has 1 aliphatic rings. The average molecular weight is 322 g/mol. The van der Waals surface area contributed by atoms with Gasteiger partial charge in [-0.15, -0.1) is 0 Å². The average Bonchev–Trinajstić information content (AvgIpc) is 3.04. The molecule has 7 nitrogen and oxygen atoms in total. The van der Waals surface area contributed by atoms with Crippen LogP contribution >= 0.6 is 0 Å². The lowest BCUT2D eigenvalue weighted by atomic mass is 10.2. The van der Waals surface area contributed by atoms with Crippen molar-refractivity contribution in [2.45, 2.75) is 52.3 Å². The van der Waals surface area contributed by atoms with Gasteiger partial charge in [0, 0.05) is 32.3 Å². The van der Waals surface area contributed by atoms with E-state index in [9.17, 15) is 9.59 Å². The Morgan fingerprint density at radius 2 is 2.13 bits per heavy atom. The molecule has 2 heterocycles. The molecule has 1 saturated heterocycles. The minimum absolute atomic E-state index is 0.00469. The summed E-state index contributed by atoms with van der Waals surface area (Å²) in [7, 11) is 1.57. The van der Waals surface area contributed by atoms with Crippen molar-refractivity contribution in [3.8, 4) is 0 Å². The van der Waals surface area contributed by atoms with E-state index in [4.69, 9.17) is 4.74 Å². The number of methoxy groups -OCH3 is 1. The van der Waals surface area contributed by atoms with Crippen LogP contribution in [0, 0.1) is 0 Å². The Balaban J connectivity index is 2.28. The van der Waals surface area contributed by atoms with Crippen molar-refractivity contribution in [1.29, 1.82) is 0 Å². The van der Waals surface area contributed by atoms with E-state index in [0.29, 0.717) is 11.6 Å². The summed E-state index contributed by atoms with van der Waals surface area (Å²) in [5.74, 6) is 0.407. The molecular formula is C16H26N4O3. The molecule has 7 heteroatoms. The van der Waals surface area contributed by atoms with Crippen LogP contribution in [0.4, 0.5) is 5.95 Å². The van der Waals surface area contributed by atoms with E-state index in [0.717, 1.165) is 32.4 Å². The highest BCUT2D eigenvalue weighted by Crippen LogP contribution is 2.17. The quantitative estimate of drug-likeness (QED) is 0.807. The third-order valence-corrected chi connectivity index (χ3v) is 4.04. The second kappa shape index (κ2) is 8.10. The molecule has 1 amide bonds. The third kappa shape index (κ3) is 4.54. The standard InChI is InChI=1S/C16H26N4O3/c1-4-12(2)17-14(21)10-20-15(22)9-13(11-23-3)18-16(20)19-7-5-6-8-19/h9,12H,4-8,10-11H2,1-3H3,(H,17,21)/t12-/m0/s1. The molecule has 128 valence electrons. The van der Waals surface area contributed by atoms with Gasteiger partial charge in [0.2, 0.25) is 11.9 Å². The maximum Gasteiger partial charge on any atom is 0.255 e. The number of nitrogens with zero attached hydrogens (tertiary/aromatic N) is 3. The third-order valence-electron chi connectivity index (χ3n) is 4.04. The van der Waals surface area contributed by atoms with Gasteiger partial charge in [-0.1, -0.05) is 6.92 Å². The second-order valence-electron chi connectivity index (χ2n) is 5.98.